The van der Waals surface area contributed by atoms with E-state index in [-0.39, 0.29) is 5.69 Å². The van der Waals surface area contributed by atoms with E-state index >= 15 is 0 Å². The van der Waals surface area contributed by atoms with Gasteiger partial charge >= 0.3 is 5.97 Å². The predicted molar refractivity (Wildman–Crippen MR) is 86.5 cm³/mol. The van der Waals surface area contributed by atoms with E-state index in [0.717, 1.165) is 17.2 Å². The molecular formula is C14H19N5O2Si. The van der Waals surface area contributed by atoms with Crippen LogP contribution in [0, 0.1) is 0 Å². The van der Waals surface area contributed by atoms with Crippen molar-refractivity contribution in [3.63, 3.8) is 0 Å². The standard InChI is InChI=1S/C14H19N5O2Si/c1-5-21-14(20)13-9-6-12-11(7-10(9)15-17-13)16-18-19(12)8-22(2,3)4/h6-7,18H,5,8H2,1-4H3. The molecule has 0 amide bonds. The molecule has 0 unspecified atom stereocenters. The Balaban J connectivity index is 2.14. The summed E-state index contributed by atoms with van der Waals surface area (Å²) in [4.78, 5) is 12.0. The van der Waals surface area contributed by atoms with Crippen LogP contribution in [-0.2, 0) is 10.9 Å². The SMILES string of the molecule is CCOC(=O)c1nnc2cc3n[nH]n(C[Si](C)(C)C)c3cc12. The maximum atomic E-state index is 12.0. The summed E-state index contributed by atoms with van der Waals surface area (Å²) in [6.07, 6.45) is 0.922. The minimum Gasteiger partial charge on any atom is -0.461 e. The normalized spacial score (nSPS) is 12.2. The summed E-state index contributed by atoms with van der Waals surface area (Å²) < 4.78 is 7.06. The summed E-state index contributed by atoms with van der Waals surface area (Å²) >= 11 is 0. The molecule has 0 aliphatic carbocycles. The lowest BCUT2D eigenvalue weighted by Gasteiger charge is -2.16. The molecule has 2 heterocycles. The lowest BCUT2D eigenvalue weighted by Crippen LogP contribution is -2.28. The zero-order valence-corrected chi connectivity index (χ0v) is 14.2. The minimum atomic E-state index is -1.31. The molecule has 0 bridgehead atoms. The highest BCUT2D eigenvalue weighted by Gasteiger charge is 2.20. The van der Waals surface area contributed by atoms with E-state index in [0.29, 0.717) is 17.5 Å². The molecule has 0 fully saturated rings. The fourth-order valence-electron chi connectivity index (χ4n) is 2.41. The Morgan fingerprint density at radius 1 is 1.27 bits per heavy atom. The third-order valence-corrected chi connectivity index (χ3v) is 4.55. The number of nitrogens with one attached hydrogen (secondary N) is 1. The Labute approximate surface area is 128 Å². The maximum absolute atomic E-state index is 12.0. The zero-order valence-electron chi connectivity index (χ0n) is 13.2. The van der Waals surface area contributed by atoms with Gasteiger partial charge in [-0.1, -0.05) is 19.6 Å². The van der Waals surface area contributed by atoms with Gasteiger partial charge in [-0.3, -0.25) is 4.68 Å². The number of aromatic nitrogens is 5. The van der Waals surface area contributed by atoms with Crippen molar-refractivity contribution in [2.24, 2.45) is 0 Å². The van der Waals surface area contributed by atoms with E-state index in [1.54, 1.807) is 6.92 Å². The van der Waals surface area contributed by atoms with Crippen LogP contribution in [0.25, 0.3) is 21.9 Å². The highest BCUT2D eigenvalue weighted by molar-refractivity contribution is 6.75. The molecule has 0 radical (unpaired) electrons. The Hall–Kier alpha value is -2.22. The number of carbonyl (C=O) groups is 1. The van der Waals surface area contributed by atoms with Crippen LogP contribution in [0.3, 0.4) is 0 Å². The summed E-state index contributed by atoms with van der Waals surface area (Å²) in [5, 5.41) is 16.1. The van der Waals surface area contributed by atoms with E-state index in [1.807, 2.05) is 16.8 Å². The molecule has 0 aliphatic heterocycles. The number of nitrogens with zero attached hydrogens (tertiary/aromatic N) is 4. The van der Waals surface area contributed by atoms with E-state index in [2.05, 4.69) is 40.2 Å². The quantitative estimate of drug-likeness (QED) is 0.590. The number of aromatic amines is 1. The van der Waals surface area contributed by atoms with Gasteiger partial charge in [-0.2, -0.15) is 5.10 Å². The molecule has 1 N–H and O–H groups in total. The molecule has 3 rings (SSSR count). The van der Waals surface area contributed by atoms with Crippen molar-refractivity contribution in [1.82, 2.24) is 25.2 Å². The molecule has 2 aromatic heterocycles. The fraction of sp³-hybridized carbons (Fsp3) is 0.429. The van der Waals surface area contributed by atoms with Crippen molar-refractivity contribution in [1.29, 1.82) is 0 Å². The van der Waals surface area contributed by atoms with Crippen LogP contribution in [0.4, 0.5) is 0 Å². The monoisotopic (exact) mass is 317 g/mol. The number of hydrogen-bond acceptors (Lipinski definition) is 5. The molecule has 7 nitrogen and oxygen atoms in total. The van der Waals surface area contributed by atoms with Crippen LogP contribution >= 0.6 is 0 Å². The lowest BCUT2D eigenvalue weighted by molar-refractivity contribution is 0.0521. The van der Waals surface area contributed by atoms with Crippen LogP contribution in [0.1, 0.15) is 17.4 Å². The third-order valence-electron chi connectivity index (χ3n) is 3.29. The Morgan fingerprint density at radius 3 is 2.73 bits per heavy atom. The smallest absolute Gasteiger partial charge is 0.359 e. The highest BCUT2D eigenvalue weighted by Crippen LogP contribution is 2.23. The van der Waals surface area contributed by atoms with Gasteiger partial charge in [0.15, 0.2) is 5.69 Å². The summed E-state index contributed by atoms with van der Waals surface area (Å²) in [6.45, 7) is 8.96. The van der Waals surface area contributed by atoms with E-state index in [4.69, 9.17) is 4.74 Å². The van der Waals surface area contributed by atoms with Gasteiger partial charge in [-0.05, 0) is 19.1 Å². The number of benzene rings is 1. The number of fused-ring (bicyclic) bond motifs is 2. The Bertz CT molecular complexity index is 846. The van der Waals surface area contributed by atoms with Gasteiger partial charge in [-0.25, -0.2) is 10.0 Å². The van der Waals surface area contributed by atoms with Gasteiger partial charge < -0.3 is 4.74 Å². The van der Waals surface area contributed by atoms with Crippen molar-refractivity contribution < 1.29 is 9.53 Å². The zero-order chi connectivity index (χ0) is 15.9. The van der Waals surface area contributed by atoms with Gasteiger partial charge in [0.05, 0.1) is 25.7 Å². The topological polar surface area (TPSA) is 85.7 Å². The molecule has 0 saturated heterocycles. The third kappa shape index (κ3) is 2.61. The largest absolute Gasteiger partial charge is 0.461 e. The summed E-state index contributed by atoms with van der Waals surface area (Å²) in [5.74, 6) is -0.440. The Kier molecular flexibility index (Phi) is 3.48. The molecule has 0 spiro atoms. The fourth-order valence-corrected chi connectivity index (χ4v) is 3.60. The van der Waals surface area contributed by atoms with Crippen LogP contribution in [0.15, 0.2) is 12.1 Å². The number of hydrogen-bond donors (Lipinski definition) is 1. The second kappa shape index (κ2) is 5.20. The average molecular weight is 317 g/mol. The predicted octanol–water partition coefficient (Wildman–Crippen LogP) is 2.36. The highest BCUT2D eigenvalue weighted by atomic mass is 28.3. The van der Waals surface area contributed by atoms with Crippen molar-refractivity contribution in [3.05, 3.63) is 17.8 Å². The summed E-state index contributed by atoms with van der Waals surface area (Å²) in [5.41, 5.74) is 2.69. The second-order valence-electron chi connectivity index (χ2n) is 6.49. The molecule has 1 aromatic carbocycles. The van der Waals surface area contributed by atoms with E-state index in [1.165, 1.54) is 0 Å². The molecular weight excluding hydrogens is 298 g/mol. The van der Waals surface area contributed by atoms with Crippen molar-refractivity contribution in [2.75, 3.05) is 6.61 Å². The second-order valence-corrected chi connectivity index (χ2v) is 11.9. The first-order valence-corrected chi connectivity index (χ1v) is 11.0. The molecule has 3 aromatic rings. The van der Waals surface area contributed by atoms with Gasteiger partial charge in [0, 0.05) is 11.6 Å². The number of esters is 1. The van der Waals surface area contributed by atoms with E-state index < -0.39 is 14.0 Å². The van der Waals surface area contributed by atoms with Gasteiger partial charge in [-0.15, -0.1) is 10.2 Å². The molecule has 0 saturated carbocycles. The lowest BCUT2D eigenvalue weighted by atomic mass is 10.2. The molecule has 22 heavy (non-hydrogen) atoms. The first-order chi connectivity index (χ1) is 10.4. The maximum Gasteiger partial charge on any atom is 0.359 e. The van der Waals surface area contributed by atoms with Gasteiger partial charge in [0.2, 0.25) is 0 Å². The first kappa shape index (κ1) is 14.7. The summed E-state index contributed by atoms with van der Waals surface area (Å²) in [7, 11) is -1.31. The molecule has 0 atom stereocenters. The van der Waals surface area contributed by atoms with Crippen molar-refractivity contribution >= 4 is 36.0 Å². The number of H-pyrrole nitrogens is 1. The van der Waals surface area contributed by atoms with Gasteiger partial charge in [0.1, 0.15) is 5.52 Å². The molecule has 116 valence electrons. The summed E-state index contributed by atoms with van der Waals surface area (Å²) in [6, 6.07) is 3.76. The van der Waals surface area contributed by atoms with Crippen LogP contribution in [0.2, 0.25) is 19.6 Å². The van der Waals surface area contributed by atoms with Crippen molar-refractivity contribution in [2.45, 2.75) is 32.7 Å². The molecule has 8 heteroatoms. The first-order valence-electron chi connectivity index (χ1n) is 7.27. The van der Waals surface area contributed by atoms with Crippen LogP contribution < -0.4 is 0 Å². The number of rotatable bonds is 4. The Morgan fingerprint density at radius 2 is 2.05 bits per heavy atom. The number of carbonyl (C=O) groups excluding carboxylic acids is 1. The van der Waals surface area contributed by atoms with Crippen molar-refractivity contribution in [3.8, 4) is 0 Å². The van der Waals surface area contributed by atoms with Gasteiger partial charge in [0.25, 0.3) is 0 Å². The molecule has 0 aliphatic rings. The minimum absolute atomic E-state index is 0.263. The number of ether oxygens (including phenoxy) is 1. The van der Waals surface area contributed by atoms with Crippen LogP contribution in [-0.4, -0.2) is 45.8 Å². The average Bonchev–Trinajstić information content (AvgIpc) is 2.99. The van der Waals surface area contributed by atoms with Crippen LogP contribution in [0.5, 0.6) is 0 Å². The van der Waals surface area contributed by atoms with E-state index in [9.17, 15) is 4.79 Å².